The van der Waals surface area contributed by atoms with E-state index in [2.05, 4.69) is 20.5 Å². The minimum atomic E-state index is 0.0574. The molecule has 0 radical (unpaired) electrons. The number of rotatable bonds is 5. The molecule has 0 atom stereocenters. The molecule has 3 aromatic rings. The van der Waals surface area contributed by atoms with Gasteiger partial charge >= 0.3 is 0 Å². The molecule has 3 aromatic heterocycles. The highest BCUT2D eigenvalue weighted by Gasteiger charge is 2.20. The molecule has 142 valence electrons. The lowest BCUT2D eigenvalue weighted by molar-refractivity contribution is -0.119. The number of pyridine rings is 1. The fourth-order valence-corrected chi connectivity index (χ4v) is 5.21. The van der Waals surface area contributed by atoms with Crippen LogP contribution in [0, 0.1) is 0 Å². The molecule has 0 spiro atoms. The Kier molecular flexibility index (Phi) is 5.31. The Bertz CT molecular complexity index is 960. The number of nitrogens with two attached hydrogens (primary N) is 1. The van der Waals surface area contributed by atoms with Gasteiger partial charge in [-0.15, -0.1) is 21.5 Å². The van der Waals surface area contributed by atoms with Gasteiger partial charge in [-0.25, -0.2) is 4.98 Å². The third kappa shape index (κ3) is 3.79. The van der Waals surface area contributed by atoms with Gasteiger partial charge < -0.3 is 15.6 Å². The van der Waals surface area contributed by atoms with Gasteiger partial charge in [0.15, 0.2) is 11.0 Å². The van der Waals surface area contributed by atoms with Gasteiger partial charge in [-0.05, 0) is 25.0 Å². The largest absolute Gasteiger partial charge is 0.397 e. The van der Waals surface area contributed by atoms with Gasteiger partial charge in [-0.1, -0.05) is 31.0 Å². The number of carbonyl (C=O) groups is 1. The third-order valence-electron chi connectivity index (χ3n) is 4.85. The second-order valence-electron chi connectivity index (χ2n) is 6.76. The van der Waals surface area contributed by atoms with Crippen LogP contribution in [-0.4, -0.2) is 37.5 Å². The first-order valence-electron chi connectivity index (χ1n) is 9.08. The number of amides is 1. The van der Waals surface area contributed by atoms with E-state index in [1.807, 2.05) is 23.7 Å². The van der Waals surface area contributed by atoms with Gasteiger partial charge in [0.05, 0.1) is 16.3 Å². The summed E-state index contributed by atoms with van der Waals surface area (Å²) in [5.41, 5.74) is 6.97. The quantitative estimate of drug-likeness (QED) is 0.636. The van der Waals surface area contributed by atoms with E-state index in [1.165, 1.54) is 42.4 Å². The SMILES string of the molecule is Cn1c(SCC(=O)NC2CCCCC2)nnc1-c1sc2ncccc2c1N. The van der Waals surface area contributed by atoms with E-state index < -0.39 is 0 Å². The summed E-state index contributed by atoms with van der Waals surface area (Å²) in [6, 6.07) is 4.16. The number of carbonyl (C=O) groups excluding carboxylic acids is 1. The van der Waals surface area contributed by atoms with Crippen molar-refractivity contribution in [3.8, 4) is 10.7 Å². The van der Waals surface area contributed by atoms with E-state index in [4.69, 9.17) is 5.73 Å². The van der Waals surface area contributed by atoms with Crippen molar-refractivity contribution in [1.29, 1.82) is 0 Å². The van der Waals surface area contributed by atoms with Crippen LogP contribution >= 0.6 is 23.1 Å². The number of fused-ring (bicyclic) bond motifs is 1. The summed E-state index contributed by atoms with van der Waals surface area (Å²) in [6.45, 7) is 0. The summed E-state index contributed by atoms with van der Waals surface area (Å²) in [7, 11) is 1.90. The molecule has 1 aliphatic rings. The normalized spacial score (nSPS) is 15.3. The van der Waals surface area contributed by atoms with Crippen molar-refractivity contribution < 1.29 is 4.79 Å². The standard InChI is InChI=1S/C18H22N6OS2/c1-24-16(15-14(19)12-8-5-9-20-17(12)27-15)22-23-18(24)26-10-13(25)21-11-6-3-2-4-7-11/h5,8-9,11H,2-4,6-7,10,19H2,1H3,(H,21,25). The van der Waals surface area contributed by atoms with Crippen molar-refractivity contribution in [2.24, 2.45) is 7.05 Å². The van der Waals surface area contributed by atoms with Crippen molar-refractivity contribution in [1.82, 2.24) is 25.1 Å². The van der Waals surface area contributed by atoms with Crippen molar-refractivity contribution in [2.45, 2.75) is 43.3 Å². The zero-order chi connectivity index (χ0) is 18.8. The summed E-state index contributed by atoms with van der Waals surface area (Å²) in [4.78, 5) is 18.3. The van der Waals surface area contributed by atoms with Gasteiger partial charge in [-0.2, -0.15) is 0 Å². The highest BCUT2D eigenvalue weighted by atomic mass is 32.2. The van der Waals surface area contributed by atoms with Crippen LogP contribution < -0.4 is 11.1 Å². The van der Waals surface area contributed by atoms with Gasteiger partial charge in [-0.3, -0.25) is 4.79 Å². The Balaban J connectivity index is 1.45. The first kappa shape index (κ1) is 18.2. The van der Waals surface area contributed by atoms with Crippen molar-refractivity contribution in [2.75, 3.05) is 11.5 Å². The molecule has 9 heteroatoms. The summed E-state index contributed by atoms with van der Waals surface area (Å²) in [5.74, 6) is 1.10. The molecule has 0 bridgehead atoms. The lowest BCUT2D eigenvalue weighted by atomic mass is 9.95. The van der Waals surface area contributed by atoms with Crippen LogP contribution in [0.3, 0.4) is 0 Å². The summed E-state index contributed by atoms with van der Waals surface area (Å²) in [5, 5.41) is 13.3. The van der Waals surface area contributed by atoms with Gasteiger partial charge in [0, 0.05) is 24.7 Å². The Morgan fingerprint density at radius 2 is 2.19 bits per heavy atom. The van der Waals surface area contributed by atoms with Crippen LogP contribution in [0.5, 0.6) is 0 Å². The first-order valence-corrected chi connectivity index (χ1v) is 10.9. The Hall–Kier alpha value is -2.13. The predicted octanol–water partition coefficient (Wildman–Crippen LogP) is 3.22. The highest BCUT2D eigenvalue weighted by molar-refractivity contribution is 7.99. The minimum Gasteiger partial charge on any atom is -0.397 e. The second-order valence-corrected chi connectivity index (χ2v) is 8.70. The average molecular weight is 403 g/mol. The number of thiophene rings is 1. The maximum absolute atomic E-state index is 12.2. The molecule has 3 heterocycles. The van der Waals surface area contributed by atoms with Crippen LogP contribution in [0.15, 0.2) is 23.5 Å². The summed E-state index contributed by atoms with van der Waals surface area (Å²) < 4.78 is 1.89. The smallest absolute Gasteiger partial charge is 0.230 e. The van der Waals surface area contributed by atoms with E-state index in [9.17, 15) is 4.79 Å². The molecule has 1 fully saturated rings. The molecular weight excluding hydrogens is 380 g/mol. The van der Waals surface area contributed by atoms with Gasteiger partial charge in [0.25, 0.3) is 0 Å². The number of thioether (sulfide) groups is 1. The van der Waals surface area contributed by atoms with E-state index in [1.54, 1.807) is 6.20 Å². The van der Waals surface area contributed by atoms with Crippen molar-refractivity contribution >= 4 is 44.9 Å². The van der Waals surface area contributed by atoms with Crippen LogP contribution in [0.4, 0.5) is 5.69 Å². The Labute approximate surface area is 165 Å². The molecule has 7 nitrogen and oxygen atoms in total. The summed E-state index contributed by atoms with van der Waals surface area (Å²) in [6.07, 6.45) is 7.62. The molecule has 0 aliphatic heterocycles. The molecule has 0 saturated heterocycles. The fourth-order valence-electron chi connectivity index (χ4n) is 3.40. The molecule has 3 N–H and O–H groups in total. The highest BCUT2D eigenvalue weighted by Crippen LogP contribution is 2.39. The van der Waals surface area contributed by atoms with E-state index in [0.29, 0.717) is 28.5 Å². The van der Waals surface area contributed by atoms with Crippen LogP contribution in [0.2, 0.25) is 0 Å². The van der Waals surface area contributed by atoms with Gasteiger partial charge in [0.2, 0.25) is 5.91 Å². The second kappa shape index (κ2) is 7.85. The van der Waals surface area contributed by atoms with E-state index in [-0.39, 0.29) is 5.91 Å². The number of nitrogens with zero attached hydrogens (tertiary/aromatic N) is 4. The zero-order valence-electron chi connectivity index (χ0n) is 15.1. The molecule has 1 aliphatic carbocycles. The number of aromatic nitrogens is 4. The average Bonchev–Trinajstić information content (AvgIpc) is 3.21. The molecule has 4 rings (SSSR count). The number of nitrogen functional groups attached to an aromatic ring is 1. The number of anilines is 1. The molecule has 27 heavy (non-hydrogen) atoms. The monoisotopic (exact) mass is 402 g/mol. The van der Waals surface area contributed by atoms with Crippen LogP contribution in [0.1, 0.15) is 32.1 Å². The first-order chi connectivity index (χ1) is 13.1. The lowest BCUT2D eigenvalue weighted by Gasteiger charge is -2.22. The minimum absolute atomic E-state index is 0.0574. The predicted molar refractivity (Wildman–Crippen MR) is 110 cm³/mol. The molecular formula is C18H22N6OS2. The van der Waals surface area contributed by atoms with Crippen LogP contribution in [-0.2, 0) is 11.8 Å². The lowest BCUT2D eigenvalue weighted by Crippen LogP contribution is -2.37. The molecule has 1 amide bonds. The zero-order valence-corrected chi connectivity index (χ0v) is 16.8. The Morgan fingerprint density at radius 1 is 1.37 bits per heavy atom. The molecule has 0 unspecified atom stereocenters. The number of hydrogen-bond acceptors (Lipinski definition) is 7. The van der Waals surface area contributed by atoms with E-state index in [0.717, 1.165) is 27.9 Å². The van der Waals surface area contributed by atoms with Crippen molar-refractivity contribution in [3.05, 3.63) is 18.3 Å². The van der Waals surface area contributed by atoms with E-state index >= 15 is 0 Å². The summed E-state index contributed by atoms with van der Waals surface area (Å²) >= 11 is 2.90. The van der Waals surface area contributed by atoms with Gasteiger partial charge in [0.1, 0.15) is 4.83 Å². The molecule has 1 saturated carbocycles. The fraction of sp³-hybridized carbons (Fsp3) is 0.444. The third-order valence-corrected chi connectivity index (χ3v) is 6.99. The number of nitrogens with one attached hydrogen (secondary N) is 1. The van der Waals surface area contributed by atoms with Crippen molar-refractivity contribution in [3.63, 3.8) is 0 Å². The topological polar surface area (TPSA) is 98.7 Å². The maximum atomic E-state index is 12.2. The maximum Gasteiger partial charge on any atom is 0.230 e. The van der Waals surface area contributed by atoms with Crippen LogP contribution in [0.25, 0.3) is 20.9 Å². The number of hydrogen-bond donors (Lipinski definition) is 2. The molecule has 0 aromatic carbocycles. The Morgan fingerprint density at radius 3 is 2.96 bits per heavy atom.